The number of hydrogen-bond donors (Lipinski definition) is 0. The van der Waals surface area contributed by atoms with Crippen LogP contribution < -0.4 is 5.11 Å². The molecule has 0 aromatic rings. The normalized spacial score (nSPS) is 13.6. The number of carboxylic acids is 1. The van der Waals surface area contributed by atoms with E-state index in [1.165, 1.54) is 32.1 Å². The van der Waals surface area contributed by atoms with Crippen molar-refractivity contribution in [2.45, 2.75) is 174 Å². The molecule has 0 heterocycles. The fraction of sp³-hybridized carbons (Fsp3) is 0.717. The highest BCUT2D eigenvalue weighted by atomic mass is 16.6. The van der Waals surface area contributed by atoms with Crippen molar-refractivity contribution >= 4 is 17.9 Å². The van der Waals surface area contributed by atoms with Crippen molar-refractivity contribution in [2.24, 2.45) is 0 Å². The van der Waals surface area contributed by atoms with Crippen LogP contribution in [-0.4, -0.2) is 75.5 Å². The monoisotopic (exact) mass is 758 g/mol. The lowest BCUT2D eigenvalue weighted by Crippen LogP contribution is -2.55. The average molecular weight is 758 g/mol. The molecule has 0 rings (SSSR count). The van der Waals surface area contributed by atoms with Crippen LogP contribution in [0.1, 0.15) is 162 Å². The van der Waals surface area contributed by atoms with Gasteiger partial charge in [0, 0.05) is 19.3 Å². The van der Waals surface area contributed by atoms with E-state index in [2.05, 4.69) is 74.6 Å². The summed E-state index contributed by atoms with van der Waals surface area (Å²) in [7, 11) is 5.38. The number of esters is 2. The Labute approximate surface area is 330 Å². The Morgan fingerprint density at radius 3 is 1.67 bits per heavy atom. The molecule has 0 fully saturated rings. The van der Waals surface area contributed by atoms with E-state index in [0.717, 1.165) is 96.3 Å². The Balaban J connectivity index is 4.43. The Morgan fingerprint density at radius 1 is 0.593 bits per heavy atom. The molecule has 0 aromatic heterocycles. The number of nitrogens with zero attached hydrogens (tertiary/aromatic N) is 1. The minimum Gasteiger partial charge on any atom is -0.544 e. The lowest BCUT2D eigenvalue weighted by atomic mass is 10.1. The number of carboxylic acid groups (broad SMARTS) is 1. The molecule has 0 N–H and O–H groups in total. The van der Waals surface area contributed by atoms with Crippen LogP contribution in [-0.2, 0) is 28.6 Å². The molecule has 54 heavy (non-hydrogen) atoms. The topological polar surface area (TPSA) is 102 Å². The van der Waals surface area contributed by atoms with Crippen LogP contribution in [0.3, 0.4) is 0 Å². The highest BCUT2D eigenvalue weighted by Crippen LogP contribution is 2.13. The third-order valence-electron chi connectivity index (χ3n) is 9.20. The number of allylic oxidation sites excluding steroid dienone is 10. The van der Waals surface area contributed by atoms with E-state index in [1.807, 2.05) is 0 Å². The molecule has 0 bridgehead atoms. The minimum absolute atomic E-state index is 0.0252. The van der Waals surface area contributed by atoms with E-state index >= 15 is 0 Å². The number of rotatable bonds is 37. The van der Waals surface area contributed by atoms with Crippen molar-refractivity contribution in [1.29, 1.82) is 0 Å². The van der Waals surface area contributed by atoms with Crippen LogP contribution in [0.2, 0.25) is 0 Å². The molecule has 0 saturated heterocycles. The van der Waals surface area contributed by atoms with E-state index in [0.29, 0.717) is 12.8 Å². The smallest absolute Gasteiger partial charge is 0.306 e. The fourth-order valence-electron chi connectivity index (χ4n) is 5.87. The summed E-state index contributed by atoms with van der Waals surface area (Å²) >= 11 is 0. The van der Waals surface area contributed by atoms with Gasteiger partial charge >= 0.3 is 11.9 Å². The predicted octanol–water partition coefficient (Wildman–Crippen LogP) is 10.1. The van der Waals surface area contributed by atoms with Gasteiger partial charge in [0.05, 0.1) is 40.3 Å². The molecular weight excluding hydrogens is 679 g/mol. The number of aliphatic carboxylic acids is 1. The van der Waals surface area contributed by atoms with Crippen molar-refractivity contribution < 1.29 is 38.2 Å². The summed E-state index contributed by atoms with van der Waals surface area (Å²) in [6.45, 7) is 4.48. The van der Waals surface area contributed by atoms with Gasteiger partial charge in [-0.15, -0.1) is 0 Å². The second-order valence-electron chi connectivity index (χ2n) is 15.3. The Hall–Kier alpha value is -2.97. The zero-order valence-corrected chi connectivity index (χ0v) is 35.1. The SMILES string of the molecule is CC/C=C/C/C=C/CCCCCCCC(=O)OCC(COCCC(C(=O)[O-])[N+](C)(C)C)OC(=O)CCCCCCC/C=C/C=C/C=C/CCCCCCC. The zero-order chi connectivity index (χ0) is 40.0. The van der Waals surface area contributed by atoms with Gasteiger partial charge in [0.2, 0.25) is 0 Å². The van der Waals surface area contributed by atoms with E-state index < -0.39 is 18.1 Å². The van der Waals surface area contributed by atoms with Crippen LogP contribution in [0.4, 0.5) is 0 Å². The van der Waals surface area contributed by atoms with Crippen LogP contribution in [0.15, 0.2) is 60.8 Å². The van der Waals surface area contributed by atoms with Gasteiger partial charge in [0.1, 0.15) is 12.6 Å². The summed E-state index contributed by atoms with van der Waals surface area (Å²) in [5, 5.41) is 11.6. The highest BCUT2D eigenvalue weighted by Gasteiger charge is 2.25. The summed E-state index contributed by atoms with van der Waals surface area (Å²) < 4.78 is 17.1. The molecule has 2 atom stereocenters. The Morgan fingerprint density at radius 2 is 1.11 bits per heavy atom. The lowest BCUT2D eigenvalue weighted by Gasteiger charge is -2.34. The number of carbonyl (C=O) groups excluding carboxylic acids is 3. The summed E-state index contributed by atoms with van der Waals surface area (Å²) in [6.07, 6.45) is 43.8. The van der Waals surface area contributed by atoms with Gasteiger partial charge in [-0.3, -0.25) is 9.59 Å². The van der Waals surface area contributed by atoms with Crippen molar-refractivity contribution in [2.75, 3.05) is 41.0 Å². The maximum absolute atomic E-state index is 12.7. The Kier molecular flexibility index (Phi) is 34.9. The fourth-order valence-corrected chi connectivity index (χ4v) is 5.87. The van der Waals surface area contributed by atoms with Crippen LogP contribution in [0, 0.1) is 0 Å². The van der Waals surface area contributed by atoms with Crippen LogP contribution >= 0.6 is 0 Å². The molecular formula is C46H79NO7. The maximum Gasteiger partial charge on any atom is 0.306 e. The van der Waals surface area contributed by atoms with Crippen molar-refractivity contribution in [3.05, 3.63) is 60.8 Å². The lowest BCUT2D eigenvalue weighted by molar-refractivity contribution is -0.889. The molecule has 0 aliphatic carbocycles. The molecule has 0 aliphatic rings. The number of likely N-dealkylation sites (N-methyl/N-ethyl adjacent to an activating group) is 1. The minimum atomic E-state index is -1.13. The molecule has 310 valence electrons. The summed E-state index contributed by atoms with van der Waals surface area (Å²) in [6, 6.07) is -0.733. The van der Waals surface area contributed by atoms with Gasteiger partial charge in [0.25, 0.3) is 0 Å². The van der Waals surface area contributed by atoms with E-state index in [1.54, 1.807) is 21.1 Å². The maximum atomic E-state index is 12.7. The summed E-state index contributed by atoms with van der Waals surface area (Å²) in [4.78, 5) is 36.8. The number of ether oxygens (including phenoxy) is 3. The van der Waals surface area contributed by atoms with Gasteiger partial charge in [-0.1, -0.05) is 139 Å². The first-order chi connectivity index (χ1) is 26.1. The summed E-state index contributed by atoms with van der Waals surface area (Å²) in [5.74, 6) is -1.79. The van der Waals surface area contributed by atoms with Crippen LogP contribution in [0.5, 0.6) is 0 Å². The molecule has 0 aromatic carbocycles. The molecule has 0 aliphatic heterocycles. The number of hydrogen-bond acceptors (Lipinski definition) is 7. The first kappa shape index (κ1) is 51.0. The third-order valence-corrected chi connectivity index (χ3v) is 9.20. The molecule has 0 spiro atoms. The predicted molar refractivity (Wildman–Crippen MR) is 222 cm³/mol. The Bertz CT molecular complexity index is 1070. The van der Waals surface area contributed by atoms with E-state index in [9.17, 15) is 19.5 Å². The molecule has 0 saturated carbocycles. The van der Waals surface area contributed by atoms with E-state index in [4.69, 9.17) is 14.2 Å². The van der Waals surface area contributed by atoms with Gasteiger partial charge in [-0.2, -0.15) is 0 Å². The van der Waals surface area contributed by atoms with Gasteiger partial charge in [-0.05, 0) is 64.2 Å². The third kappa shape index (κ3) is 34.8. The average Bonchev–Trinajstić information content (AvgIpc) is 3.12. The standard InChI is InChI=1S/C46H79NO7/c1-6-8-10-12-14-16-18-20-21-22-23-24-25-27-29-31-33-35-37-45(49)54-42(40-52-39-38-43(46(50)51)47(3,4)5)41-53-44(48)36-34-32-30-28-26-19-17-15-13-11-9-7-2/h9,11,15,17-18,20-24,42-43H,6-8,10,12-14,16,19,25-41H2,1-5H3/b11-9+,17-15+,20-18+,22-21+,24-23+. The van der Waals surface area contributed by atoms with Gasteiger partial charge in [0.15, 0.2) is 6.10 Å². The van der Waals surface area contributed by atoms with Gasteiger partial charge in [-0.25, -0.2) is 0 Å². The number of quaternary nitrogens is 1. The van der Waals surface area contributed by atoms with E-state index in [-0.39, 0.29) is 42.7 Å². The van der Waals surface area contributed by atoms with Gasteiger partial charge < -0.3 is 28.6 Å². The molecule has 2 unspecified atom stereocenters. The summed E-state index contributed by atoms with van der Waals surface area (Å²) in [5.41, 5.74) is 0. The quantitative estimate of drug-likeness (QED) is 0.0204. The largest absolute Gasteiger partial charge is 0.544 e. The zero-order valence-electron chi connectivity index (χ0n) is 35.1. The van der Waals surface area contributed by atoms with Crippen LogP contribution in [0.25, 0.3) is 0 Å². The van der Waals surface area contributed by atoms with Crippen molar-refractivity contribution in [3.8, 4) is 0 Å². The van der Waals surface area contributed by atoms with Crippen molar-refractivity contribution in [3.63, 3.8) is 0 Å². The second-order valence-corrected chi connectivity index (χ2v) is 15.3. The first-order valence-electron chi connectivity index (χ1n) is 21.3. The number of carbonyl (C=O) groups is 3. The molecule has 8 heteroatoms. The first-order valence-corrected chi connectivity index (χ1v) is 21.3. The number of unbranched alkanes of at least 4 members (excludes halogenated alkanes) is 15. The van der Waals surface area contributed by atoms with Crippen molar-refractivity contribution in [1.82, 2.24) is 0 Å². The highest BCUT2D eigenvalue weighted by molar-refractivity contribution is 5.70. The molecule has 0 radical (unpaired) electrons. The molecule has 8 nitrogen and oxygen atoms in total. The second kappa shape index (κ2) is 37.0. The molecule has 0 amide bonds.